The molecule has 2 rings (SSSR count). The van der Waals surface area contributed by atoms with Crippen molar-refractivity contribution < 1.29 is 0 Å². The van der Waals surface area contributed by atoms with Crippen LogP contribution in [0.5, 0.6) is 0 Å². The van der Waals surface area contributed by atoms with Crippen molar-refractivity contribution in [3.05, 3.63) is 18.2 Å². The molecule has 1 aromatic heterocycles. The van der Waals surface area contributed by atoms with Gasteiger partial charge in [0.2, 0.25) is 0 Å². The van der Waals surface area contributed by atoms with Gasteiger partial charge in [-0.3, -0.25) is 4.90 Å². The van der Waals surface area contributed by atoms with E-state index in [1.54, 1.807) is 0 Å². The van der Waals surface area contributed by atoms with Crippen molar-refractivity contribution in [2.45, 2.75) is 45.3 Å². The molecule has 1 saturated heterocycles. The Balaban J connectivity index is 2.05. The molecular weight excluding hydrogens is 200 g/mol. The highest BCUT2D eigenvalue weighted by molar-refractivity contribution is 5.03. The number of likely N-dealkylation sites (tertiary alicyclic amines) is 1. The third kappa shape index (κ3) is 2.28. The average molecular weight is 222 g/mol. The van der Waals surface area contributed by atoms with Crippen LogP contribution in [0.1, 0.15) is 38.4 Å². The molecular formula is C12H22N4. The summed E-state index contributed by atoms with van der Waals surface area (Å²) in [4.78, 5) is 6.75. The molecule has 1 unspecified atom stereocenters. The van der Waals surface area contributed by atoms with Gasteiger partial charge in [-0.15, -0.1) is 0 Å². The number of aromatic nitrogens is 2. The second kappa shape index (κ2) is 4.97. The van der Waals surface area contributed by atoms with E-state index in [0.717, 1.165) is 18.8 Å². The molecule has 0 saturated carbocycles. The SMILES string of the molecule is CCN1CCCC1Cn1cncc1[C@@H](C)N. The monoisotopic (exact) mass is 222 g/mol. The zero-order valence-corrected chi connectivity index (χ0v) is 10.3. The predicted octanol–water partition coefficient (Wildman–Crippen LogP) is 1.39. The van der Waals surface area contributed by atoms with Gasteiger partial charge >= 0.3 is 0 Å². The first-order chi connectivity index (χ1) is 7.72. The predicted molar refractivity (Wildman–Crippen MR) is 65.1 cm³/mol. The summed E-state index contributed by atoms with van der Waals surface area (Å²) in [7, 11) is 0. The van der Waals surface area contributed by atoms with Gasteiger partial charge < -0.3 is 10.3 Å². The minimum absolute atomic E-state index is 0.0685. The van der Waals surface area contributed by atoms with Crippen LogP contribution in [-0.2, 0) is 6.54 Å². The third-order valence-electron chi connectivity index (χ3n) is 3.52. The molecule has 2 atom stereocenters. The molecule has 0 spiro atoms. The minimum atomic E-state index is 0.0685. The first-order valence-corrected chi connectivity index (χ1v) is 6.22. The van der Waals surface area contributed by atoms with E-state index >= 15 is 0 Å². The van der Waals surface area contributed by atoms with Crippen molar-refractivity contribution in [2.24, 2.45) is 5.73 Å². The van der Waals surface area contributed by atoms with Crippen LogP contribution in [0.2, 0.25) is 0 Å². The molecule has 0 aromatic carbocycles. The Labute approximate surface area is 97.4 Å². The van der Waals surface area contributed by atoms with Gasteiger partial charge in [0.1, 0.15) is 0 Å². The lowest BCUT2D eigenvalue weighted by Gasteiger charge is -2.24. The third-order valence-corrected chi connectivity index (χ3v) is 3.52. The molecule has 2 heterocycles. The summed E-state index contributed by atoms with van der Waals surface area (Å²) in [5, 5.41) is 0. The molecule has 0 amide bonds. The summed E-state index contributed by atoms with van der Waals surface area (Å²) in [5.41, 5.74) is 7.07. The van der Waals surface area contributed by atoms with Crippen LogP contribution in [-0.4, -0.2) is 33.6 Å². The summed E-state index contributed by atoms with van der Waals surface area (Å²) >= 11 is 0. The van der Waals surface area contributed by atoms with Gasteiger partial charge in [0, 0.05) is 24.8 Å². The summed E-state index contributed by atoms with van der Waals surface area (Å²) in [6.07, 6.45) is 6.41. The number of nitrogens with zero attached hydrogens (tertiary/aromatic N) is 3. The standard InChI is InChI=1S/C12H22N4/c1-3-15-6-4-5-11(15)8-16-9-14-7-12(16)10(2)13/h7,9-11H,3-6,8,13H2,1-2H3/t10-,11?/m1/s1. The molecule has 2 N–H and O–H groups in total. The Morgan fingerprint density at radius 3 is 3.12 bits per heavy atom. The molecule has 0 aliphatic carbocycles. The van der Waals surface area contributed by atoms with Crippen LogP contribution in [0.25, 0.3) is 0 Å². The molecule has 1 aliphatic rings. The van der Waals surface area contributed by atoms with Crippen molar-refractivity contribution in [3.8, 4) is 0 Å². The number of hydrogen-bond acceptors (Lipinski definition) is 3. The Kier molecular flexibility index (Phi) is 3.61. The fourth-order valence-corrected chi connectivity index (χ4v) is 2.61. The van der Waals surface area contributed by atoms with E-state index in [2.05, 4.69) is 21.4 Å². The number of nitrogens with two attached hydrogens (primary N) is 1. The molecule has 90 valence electrons. The maximum Gasteiger partial charge on any atom is 0.0949 e. The first-order valence-electron chi connectivity index (χ1n) is 6.22. The minimum Gasteiger partial charge on any atom is -0.332 e. The zero-order chi connectivity index (χ0) is 11.5. The molecule has 1 aliphatic heterocycles. The van der Waals surface area contributed by atoms with Crippen molar-refractivity contribution >= 4 is 0 Å². The van der Waals surface area contributed by atoms with Crippen LogP contribution in [0.4, 0.5) is 0 Å². The Morgan fingerprint density at radius 2 is 2.44 bits per heavy atom. The smallest absolute Gasteiger partial charge is 0.0949 e. The first kappa shape index (κ1) is 11.6. The largest absolute Gasteiger partial charge is 0.332 e. The lowest BCUT2D eigenvalue weighted by atomic mass is 10.2. The van der Waals surface area contributed by atoms with Gasteiger partial charge in [0.15, 0.2) is 0 Å². The Hall–Kier alpha value is -0.870. The van der Waals surface area contributed by atoms with Crippen molar-refractivity contribution in [3.63, 3.8) is 0 Å². The lowest BCUT2D eigenvalue weighted by Crippen LogP contribution is -2.33. The van der Waals surface area contributed by atoms with Gasteiger partial charge in [-0.25, -0.2) is 4.98 Å². The summed E-state index contributed by atoms with van der Waals surface area (Å²) in [5.74, 6) is 0. The van der Waals surface area contributed by atoms with E-state index in [-0.39, 0.29) is 6.04 Å². The molecule has 0 bridgehead atoms. The summed E-state index contributed by atoms with van der Waals surface area (Å²) in [6.45, 7) is 7.67. The highest BCUT2D eigenvalue weighted by Gasteiger charge is 2.23. The maximum atomic E-state index is 5.93. The van der Waals surface area contributed by atoms with E-state index in [4.69, 9.17) is 5.73 Å². The molecule has 16 heavy (non-hydrogen) atoms. The van der Waals surface area contributed by atoms with Crippen molar-refractivity contribution in [2.75, 3.05) is 13.1 Å². The van der Waals surface area contributed by atoms with Crippen LogP contribution in [0.3, 0.4) is 0 Å². The number of imidazole rings is 1. The fourth-order valence-electron chi connectivity index (χ4n) is 2.61. The molecule has 4 nitrogen and oxygen atoms in total. The topological polar surface area (TPSA) is 47.1 Å². The highest BCUT2D eigenvalue weighted by Crippen LogP contribution is 2.20. The van der Waals surface area contributed by atoms with Crippen molar-refractivity contribution in [1.82, 2.24) is 14.5 Å². The second-order valence-electron chi connectivity index (χ2n) is 4.68. The summed E-state index contributed by atoms with van der Waals surface area (Å²) < 4.78 is 2.21. The van der Waals surface area contributed by atoms with E-state index in [9.17, 15) is 0 Å². The van der Waals surface area contributed by atoms with Gasteiger partial charge in [-0.1, -0.05) is 6.92 Å². The van der Waals surface area contributed by atoms with Gasteiger partial charge in [0.05, 0.1) is 12.0 Å². The van der Waals surface area contributed by atoms with Crippen LogP contribution < -0.4 is 5.73 Å². The normalized spacial score (nSPS) is 23.8. The Morgan fingerprint density at radius 1 is 1.62 bits per heavy atom. The second-order valence-corrected chi connectivity index (χ2v) is 4.68. The molecule has 0 radical (unpaired) electrons. The Bertz CT molecular complexity index is 332. The highest BCUT2D eigenvalue weighted by atomic mass is 15.2. The van der Waals surface area contributed by atoms with Crippen molar-refractivity contribution in [1.29, 1.82) is 0 Å². The number of rotatable bonds is 4. The lowest BCUT2D eigenvalue weighted by molar-refractivity contribution is 0.242. The average Bonchev–Trinajstić information content (AvgIpc) is 2.86. The number of likely N-dealkylation sites (N-methyl/N-ethyl adjacent to an activating group) is 1. The molecule has 1 aromatic rings. The van der Waals surface area contributed by atoms with Gasteiger partial charge in [-0.05, 0) is 32.9 Å². The molecule has 1 fully saturated rings. The number of hydrogen-bond donors (Lipinski definition) is 1. The zero-order valence-electron chi connectivity index (χ0n) is 10.3. The van der Waals surface area contributed by atoms with Crippen LogP contribution in [0, 0.1) is 0 Å². The summed E-state index contributed by atoms with van der Waals surface area (Å²) in [6, 6.07) is 0.732. The maximum absolute atomic E-state index is 5.93. The molecule has 4 heteroatoms. The fraction of sp³-hybridized carbons (Fsp3) is 0.750. The van der Waals surface area contributed by atoms with Gasteiger partial charge in [0.25, 0.3) is 0 Å². The van der Waals surface area contributed by atoms with Gasteiger partial charge in [-0.2, -0.15) is 0 Å². The van der Waals surface area contributed by atoms with E-state index < -0.39 is 0 Å². The van der Waals surface area contributed by atoms with Crippen LogP contribution >= 0.6 is 0 Å². The van der Waals surface area contributed by atoms with E-state index in [1.165, 1.54) is 19.4 Å². The van der Waals surface area contributed by atoms with E-state index in [1.807, 2.05) is 19.4 Å². The van der Waals surface area contributed by atoms with Crippen LogP contribution in [0.15, 0.2) is 12.5 Å². The quantitative estimate of drug-likeness (QED) is 0.837. The van der Waals surface area contributed by atoms with E-state index in [0.29, 0.717) is 6.04 Å².